The van der Waals surface area contributed by atoms with Gasteiger partial charge in [0.25, 0.3) is 0 Å². The van der Waals surface area contributed by atoms with E-state index in [-0.39, 0.29) is 0 Å². The van der Waals surface area contributed by atoms with Gasteiger partial charge >= 0.3 is 7.12 Å². The van der Waals surface area contributed by atoms with Gasteiger partial charge in [-0.05, 0) is 11.6 Å². The Balaban J connectivity index is 2.82. The van der Waals surface area contributed by atoms with Crippen LogP contribution in [-0.4, -0.2) is 17.2 Å². The summed E-state index contributed by atoms with van der Waals surface area (Å²) in [6.45, 7) is 0. The van der Waals surface area contributed by atoms with Crippen molar-refractivity contribution in [3.05, 3.63) is 40.8 Å². The quantitative estimate of drug-likeness (QED) is 0.678. The van der Waals surface area contributed by atoms with E-state index >= 15 is 0 Å². The van der Waals surface area contributed by atoms with Crippen LogP contribution in [0.3, 0.4) is 0 Å². The van der Waals surface area contributed by atoms with Gasteiger partial charge in [0.15, 0.2) is 0 Å². The molecule has 0 atom stereocenters. The van der Waals surface area contributed by atoms with Crippen molar-refractivity contribution in [1.29, 1.82) is 0 Å². The fourth-order valence-electron chi connectivity index (χ4n) is 0.800. The normalized spacial score (nSPS) is 10.6. The minimum atomic E-state index is -1.43. The minimum absolute atomic E-state index is 0.592. The number of benzene rings is 1. The molecule has 0 heterocycles. The van der Waals surface area contributed by atoms with Crippen LogP contribution in [0.5, 0.6) is 0 Å². The molecule has 0 bridgehead atoms. The molecule has 0 fully saturated rings. The van der Waals surface area contributed by atoms with E-state index in [0.29, 0.717) is 5.02 Å². The summed E-state index contributed by atoms with van der Waals surface area (Å²) in [5.41, 5.74) is 0.771. The highest BCUT2D eigenvalue weighted by Crippen LogP contribution is 2.15. The first kappa shape index (κ1) is 9.32. The van der Waals surface area contributed by atoms with Crippen LogP contribution >= 0.6 is 11.6 Å². The number of hydrogen-bond donors (Lipinski definition) is 2. The lowest BCUT2D eigenvalue weighted by Gasteiger charge is -1.95. The summed E-state index contributed by atoms with van der Waals surface area (Å²) in [4.78, 5) is 0. The summed E-state index contributed by atoms with van der Waals surface area (Å²) in [7, 11) is -1.43. The molecule has 0 aliphatic heterocycles. The Bertz CT molecular complexity index is 286. The van der Waals surface area contributed by atoms with Gasteiger partial charge < -0.3 is 10.0 Å². The van der Waals surface area contributed by atoms with Crippen LogP contribution in [0.4, 0.5) is 0 Å². The standard InChI is InChI=1S/C8H8BClO2/c10-8-4-2-1-3-7(8)5-6-9(11)12/h1-6,11-12H/b6-5+. The van der Waals surface area contributed by atoms with Gasteiger partial charge in [-0.2, -0.15) is 0 Å². The van der Waals surface area contributed by atoms with Gasteiger partial charge in [0, 0.05) is 5.02 Å². The number of halogens is 1. The van der Waals surface area contributed by atoms with Crippen LogP contribution in [0.15, 0.2) is 30.2 Å². The van der Waals surface area contributed by atoms with E-state index in [4.69, 9.17) is 21.6 Å². The largest absolute Gasteiger partial charge is 0.480 e. The maximum atomic E-state index is 8.53. The van der Waals surface area contributed by atoms with Crippen molar-refractivity contribution in [2.75, 3.05) is 0 Å². The molecule has 0 saturated heterocycles. The highest BCUT2D eigenvalue weighted by Gasteiger charge is 1.99. The van der Waals surface area contributed by atoms with Gasteiger partial charge in [0.05, 0.1) is 0 Å². The molecule has 62 valence electrons. The number of rotatable bonds is 2. The lowest BCUT2D eigenvalue weighted by molar-refractivity contribution is 0.424. The molecule has 0 aromatic heterocycles. The summed E-state index contributed by atoms with van der Waals surface area (Å²) in [6.07, 6.45) is 1.56. The van der Waals surface area contributed by atoms with E-state index in [1.807, 2.05) is 12.1 Å². The highest BCUT2D eigenvalue weighted by atomic mass is 35.5. The minimum Gasteiger partial charge on any atom is -0.424 e. The van der Waals surface area contributed by atoms with Crippen LogP contribution < -0.4 is 0 Å². The van der Waals surface area contributed by atoms with Crippen molar-refractivity contribution in [3.63, 3.8) is 0 Å². The van der Waals surface area contributed by atoms with Crippen molar-refractivity contribution in [2.24, 2.45) is 0 Å². The van der Waals surface area contributed by atoms with Crippen molar-refractivity contribution in [1.82, 2.24) is 0 Å². The summed E-state index contributed by atoms with van der Waals surface area (Å²) >= 11 is 5.79. The van der Waals surface area contributed by atoms with Gasteiger partial charge in [-0.15, -0.1) is 0 Å². The first-order valence-electron chi connectivity index (χ1n) is 3.49. The zero-order chi connectivity index (χ0) is 8.97. The van der Waals surface area contributed by atoms with Crippen LogP contribution in [0.1, 0.15) is 5.56 Å². The van der Waals surface area contributed by atoms with Crippen LogP contribution in [-0.2, 0) is 0 Å². The smallest absolute Gasteiger partial charge is 0.424 e. The topological polar surface area (TPSA) is 40.5 Å². The van der Waals surface area contributed by atoms with Crippen molar-refractivity contribution >= 4 is 24.8 Å². The number of hydrogen-bond acceptors (Lipinski definition) is 2. The van der Waals surface area contributed by atoms with Gasteiger partial charge in [0.1, 0.15) is 0 Å². The molecule has 0 aliphatic carbocycles. The summed E-state index contributed by atoms with van der Waals surface area (Å²) in [5.74, 6) is 1.25. The molecule has 1 aromatic carbocycles. The molecule has 4 heteroatoms. The molecule has 0 saturated carbocycles. The van der Waals surface area contributed by atoms with Crippen molar-refractivity contribution in [3.8, 4) is 0 Å². The molecule has 12 heavy (non-hydrogen) atoms. The Kier molecular flexibility index (Phi) is 3.35. The second-order valence-electron chi connectivity index (χ2n) is 2.29. The van der Waals surface area contributed by atoms with E-state index in [1.54, 1.807) is 18.2 Å². The van der Waals surface area contributed by atoms with Crippen molar-refractivity contribution < 1.29 is 10.0 Å². The van der Waals surface area contributed by atoms with Gasteiger partial charge in [-0.25, -0.2) is 0 Å². The summed E-state index contributed by atoms with van der Waals surface area (Å²) < 4.78 is 0. The monoisotopic (exact) mass is 182 g/mol. The van der Waals surface area contributed by atoms with Crippen LogP contribution in [0.25, 0.3) is 6.08 Å². The summed E-state index contributed by atoms with van der Waals surface area (Å²) in [5, 5.41) is 17.7. The SMILES string of the molecule is OB(O)/C=C/c1ccccc1Cl. The zero-order valence-electron chi connectivity index (χ0n) is 6.31. The molecule has 2 N–H and O–H groups in total. The average Bonchev–Trinajstić information content (AvgIpc) is 2.03. The molecule has 0 amide bonds. The van der Waals surface area contributed by atoms with Crippen molar-refractivity contribution in [2.45, 2.75) is 0 Å². The van der Waals surface area contributed by atoms with E-state index in [0.717, 1.165) is 5.56 Å². The van der Waals surface area contributed by atoms with Gasteiger partial charge in [-0.3, -0.25) is 0 Å². The van der Waals surface area contributed by atoms with E-state index in [1.165, 1.54) is 5.98 Å². The van der Waals surface area contributed by atoms with Gasteiger partial charge in [-0.1, -0.05) is 41.9 Å². The third kappa shape index (κ3) is 2.70. The zero-order valence-corrected chi connectivity index (χ0v) is 7.07. The predicted octanol–water partition coefficient (Wildman–Crippen LogP) is 1.37. The lowest BCUT2D eigenvalue weighted by Crippen LogP contribution is -2.05. The van der Waals surface area contributed by atoms with Crippen LogP contribution in [0, 0.1) is 0 Å². The Labute approximate surface area is 76.3 Å². The van der Waals surface area contributed by atoms with Gasteiger partial charge in [0.2, 0.25) is 0 Å². The highest BCUT2D eigenvalue weighted by molar-refractivity contribution is 6.48. The van der Waals surface area contributed by atoms with E-state index in [9.17, 15) is 0 Å². The molecule has 0 aliphatic rings. The Hall–Kier alpha value is -0.765. The third-order valence-corrected chi connectivity index (χ3v) is 1.70. The molecule has 1 aromatic rings. The molecular weight excluding hydrogens is 174 g/mol. The molecule has 0 unspecified atom stereocenters. The maximum Gasteiger partial charge on any atom is 0.480 e. The van der Waals surface area contributed by atoms with E-state index < -0.39 is 7.12 Å². The second kappa shape index (κ2) is 4.31. The first-order chi connectivity index (χ1) is 5.70. The second-order valence-corrected chi connectivity index (χ2v) is 2.70. The Morgan fingerprint density at radius 1 is 1.25 bits per heavy atom. The predicted molar refractivity (Wildman–Crippen MR) is 50.7 cm³/mol. The molecule has 2 nitrogen and oxygen atoms in total. The Morgan fingerprint density at radius 2 is 1.92 bits per heavy atom. The fourth-order valence-corrected chi connectivity index (χ4v) is 0.999. The average molecular weight is 182 g/mol. The third-order valence-electron chi connectivity index (χ3n) is 1.35. The Morgan fingerprint density at radius 3 is 2.50 bits per heavy atom. The fraction of sp³-hybridized carbons (Fsp3) is 0. The van der Waals surface area contributed by atoms with E-state index in [2.05, 4.69) is 0 Å². The first-order valence-corrected chi connectivity index (χ1v) is 3.87. The molecular formula is C8H8BClO2. The molecule has 0 radical (unpaired) electrons. The lowest BCUT2D eigenvalue weighted by atomic mass is 9.91. The molecule has 0 spiro atoms. The van der Waals surface area contributed by atoms with Crippen LogP contribution in [0.2, 0.25) is 5.02 Å². The maximum absolute atomic E-state index is 8.53. The summed E-state index contributed by atoms with van der Waals surface area (Å²) in [6, 6.07) is 7.18. The molecule has 1 rings (SSSR count).